The molecule has 10 nitrogen and oxygen atoms in total. The number of ether oxygens (including phenoxy) is 3. The van der Waals surface area contributed by atoms with Crippen LogP contribution in [0.3, 0.4) is 0 Å². The summed E-state index contributed by atoms with van der Waals surface area (Å²) in [5, 5.41) is 3.10. The topological polar surface area (TPSA) is 114 Å². The number of rotatable bonds is 13. The van der Waals surface area contributed by atoms with Gasteiger partial charge >= 0.3 is 12.1 Å². The molecular weight excluding hydrogens is 634 g/mol. The van der Waals surface area contributed by atoms with Gasteiger partial charge in [0, 0.05) is 24.7 Å². The fourth-order valence-electron chi connectivity index (χ4n) is 6.45. The average Bonchev–Trinajstić information content (AvgIpc) is 3.17. The highest BCUT2D eigenvalue weighted by Gasteiger charge is 2.37. The lowest BCUT2D eigenvalue weighted by Gasteiger charge is -2.43. The highest BCUT2D eigenvalue weighted by atomic mass is 16.6. The molecule has 0 aromatic heterocycles. The number of aldehydes is 1. The second-order valence-electron chi connectivity index (χ2n) is 12.7. The maximum Gasteiger partial charge on any atom is 0.408 e. The Morgan fingerprint density at radius 1 is 0.880 bits per heavy atom. The molecule has 2 bridgehead atoms. The van der Waals surface area contributed by atoms with Crippen molar-refractivity contribution < 1.29 is 33.4 Å². The summed E-state index contributed by atoms with van der Waals surface area (Å²) in [7, 11) is 1.61. The first-order valence-electron chi connectivity index (χ1n) is 16.9. The normalized spacial score (nSPS) is 18.4. The molecule has 10 heteroatoms. The minimum absolute atomic E-state index is 0.0197. The number of fused-ring (bicyclic) bond motifs is 3. The number of hydrogen-bond acceptors (Lipinski definition) is 8. The number of carbonyl (C=O) groups excluding carboxylic acids is 4. The van der Waals surface area contributed by atoms with E-state index in [0.29, 0.717) is 34.6 Å². The van der Waals surface area contributed by atoms with E-state index in [1.54, 1.807) is 49.5 Å². The number of nitrogens with zero attached hydrogens (tertiary/aromatic N) is 2. The van der Waals surface area contributed by atoms with Crippen molar-refractivity contribution in [3.63, 3.8) is 0 Å². The zero-order chi connectivity index (χ0) is 34.9. The molecule has 3 aliphatic heterocycles. The van der Waals surface area contributed by atoms with Gasteiger partial charge in [-0.3, -0.25) is 14.5 Å². The van der Waals surface area contributed by atoms with Crippen LogP contribution in [-0.2, 0) is 16.1 Å². The van der Waals surface area contributed by atoms with Crippen LogP contribution >= 0.6 is 0 Å². The number of benzene rings is 4. The highest BCUT2D eigenvalue weighted by Crippen LogP contribution is 2.31. The van der Waals surface area contributed by atoms with Gasteiger partial charge in [-0.15, -0.1) is 0 Å². The van der Waals surface area contributed by atoms with Crippen LogP contribution in [0, 0.1) is 5.92 Å². The maximum atomic E-state index is 13.2. The second-order valence-corrected chi connectivity index (χ2v) is 12.7. The van der Waals surface area contributed by atoms with Crippen LogP contribution in [0.2, 0.25) is 0 Å². The zero-order valence-corrected chi connectivity index (χ0v) is 28.0. The van der Waals surface area contributed by atoms with Gasteiger partial charge in [0.2, 0.25) is 0 Å². The number of hydrogen-bond donors (Lipinski definition) is 1. The molecule has 7 rings (SSSR count). The Labute approximate surface area is 291 Å². The van der Waals surface area contributed by atoms with Gasteiger partial charge in [0.05, 0.1) is 18.2 Å². The fraction of sp³-hybridized carbons (Fsp3) is 0.300. The minimum atomic E-state index is -0.500. The highest BCUT2D eigenvalue weighted by molar-refractivity contribution is 5.95. The van der Waals surface area contributed by atoms with Crippen molar-refractivity contribution in [3.05, 3.63) is 137 Å². The summed E-state index contributed by atoms with van der Waals surface area (Å²) >= 11 is 0. The third-order valence-electron chi connectivity index (χ3n) is 9.31. The SMILES string of the molecule is CN(CCOC(=O)c1ccc(COc2cccc(C(NC(=O)O[C@H]3CN4CCC3CC4)c3ccccc3)c2)cc1)C(=O)c1cccc(C=O)c1. The Kier molecular flexibility index (Phi) is 11.2. The van der Waals surface area contributed by atoms with E-state index >= 15 is 0 Å². The molecule has 50 heavy (non-hydrogen) atoms. The van der Waals surface area contributed by atoms with E-state index in [4.69, 9.17) is 14.2 Å². The number of amides is 2. The van der Waals surface area contributed by atoms with Gasteiger partial charge in [-0.25, -0.2) is 9.59 Å². The van der Waals surface area contributed by atoms with Crippen LogP contribution in [0.25, 0.3) is 0 Å². The molecule has 0 aliphatic carbocycles. The monoisotopic (exact) mass is 675 g/mol. The number of nitrogens with one attached hydrogen (secondary N) is 1. The molecule has 4 aromatic rings. The fourth-order valence-corrected chi connectivity index (χ4v) is 6.45. The predicted molar refractivity (Wildman–Crippen MR) is 187 cm³/mol. The minimum Gasteiger partial charge on any atom is -0.489 e. The summed E-state index contributed by atoms with van der Waals surface area (Å²) in [6.07, 6.45) is 2.30. The molecule has 1 unspecified atom stereocenters. The van der Waals surface area contributed by atoms with E-state index in [2.05, 4.69) is 10.2 Å². The van der Waals surface area contributed by atoms with Gasteiger partial charge < -0.3 is 24.4 Å². The lowest BCUT2D eigenvalue weighted by Crippen LogP contribution is -2.52. The van der Waals surface area contributed by atoms with Crippen molar-refractivity contribution in [2.45, 2.75) is 31.6 Å². The van der Waals surface area contributed by atoms with Crippen molar-refractivity contribution in [2.75, 3.05) is 39.8 Å². The zero-order valence-electron chi connectivity index (χ0n) is 28.0. The van der Waals surface area contributed by atoms with E-state index in [-0.39, 0.29) is 31.8 Å². The number of carbonyl (C=O) groups is 4. The van der Waals surface area contributed by atoms with Gasteiger partial charge in [0.15, 0.2) is 0 Å². The molecule has 0 saturated carbocycles. The number of piperidine rings is 3. The first kappa shape index (κ1) is 34.4. The molecule has 3 saturated heterocycles. The summed E-state index contributed by atoms with van der Waals surface area (Å²) in [5.41, 5.74) is 3.83. The quantitative estimate of drug-likeness (QED) is 0.137. The van der Waals surface area contributed by atoms with Crippen molar-refractivity contribution in [2.24, 2.45) is 5.92 Å². The van der Waals surface area contributed by atoms with E-state index in [1.165, 1.54) is 11.0 Å². The molecular formula is C40H41N3O7. The van der Waals surface area contributed by atoms with E-state index in [0.717, 1.165) is 49.2 Å². The van der Waals surface area contributed by atoms with Crippen LogP contribution in [0.15, 0.2) is 103 Å². The number of esters is 1. The van der Waals surface area contributed by atoms with Gasteiger partial charge in [-0.05, 0) is 84.9 Å². The Balaban J connectivity index is 1.01. The first-order valence-corrected chi connectivity index (χ1v) is 16.9. The van der Waals surface area contributed by atoms with Crippen molar-refractivity contribution in [1.29, 1.82) is 0 Å². The van der Waals surface area contributed by atoms with Crippen molar-refractivity contribution >= 4 is 24.3 Å². The van der Waals surface area contributed by atoms with Gasteiger partial charge in [0.25, 0.3) is 5.91 Å². The van der Waals surface area contributed by atoms with Crippen LogP contribution in [0.5, 0.6) is 5.75 Å². The predicted octanol–water partition coefficient (Wildman–Crippen LogP) is 5.92. The summed E-state index contributed by atoms with van der Waals surface area (Å²) in [6, 6.07) is 30.4. The summed E-state index contributed by atoms with van der Waals surface area (Å²) in [4.78, 5) is 53.3. The second kappa shape index (κ2) is 16.3. The number of alkyl carbamates (subject to hydrolysis) is 1. The van der Waals surface area contributed by atoms with Crippen LogP contribution in [-0.4, -0.2) is 80.0 Å². The average molecular weight is 676 g/mol. The molecule has 0 radical (unpaired) electrons. The molecule has 3 aliphatic rings. The van der Waals surface area contributed by atoms with Crippen molar-refractivity contribution in [1.82, 2.24) is 15.1 Å². The molecule has 2 amide bonds. The Bertz CT molecular complexity index is 1790. The summed E-state index contributed by atoms with van der Waals surface area (Å²) in [6.45, 7) is 3.43. The Morgan fingerprint density at radius 2 is 1.62 bits per heavy atom. The summed E-state index contributed by atoms with van der Waals surface area (Å²) < 4.78 is 17.5. The third kappa shape index (κ3) is 8.75. The Morgan fingerprint density at radius 3 is 2.34 bits per heavy atom. The van der Waals surface area contributed by atoms with Gasteiger partial charge in [-0.1, -0.05) is 66.7 Å². The molecule has 0 spiro atoms. The summed E-state index contributed by atoms with van der Waals surface area (Å²) in [5.74, 6) is 0.284. The largest absolute Gasteiger partial charge is 0.489 e. The lowest BCUT2D eigenvalue weighted by molar-refractivity contribution is -0.0336. The lowest BCUT2D eigenvalue weighted by atomic mass is 9.86. The van der Waals surface area contributed by atoms with E-state index < -0.39 is 18.1 Å². The van der Waals surface area contributed by atoms with Crippen LogP contribution in [0.4, 0.5) is 4.79 Å². The molecule has 4 aromatic carbocycles. The van der Waals surface area contributed by atoms with E-state index in [1.807, 2.05) is 54.6 Å². The maximum absolute atomic E-state index is 13.2. The molecule has 1 N–H and O–H groups in total. The standard InChI is InChI=1S/C40H41N3O7/c1-42(38(45)34-11-5-7-29(23-34)26-44)21-22-48-39(46)32-15-13-28(14-16-32)27-49-35-12-6-10-33(24-35)37(31-8-3-2-4-9-31)41-40(47)50-36-25-43-19-17-30(36)18-20-43/h2-16,23-24,26,30,36-37H,17-22,25,27H2,1H3,(H,41,47)/t36-,37?/m0/s1. The number of likely N-dealkylation sites (N-methyl/N-ethyl adjacent to an activating group) is 1. The van der Waals surface area contributed by atoms with Crippen LogP contribution in [0.1, 0.15) is 66.6 Å². The molecule has 3 fully saturated rings. The Hall–Kier alpha value is -5.48. The molecule has 258 valence electrons. The molecule has 3 heterocycles. The molecule has 2 atom stereocenters. The van der Waals surface area contributed by atoms with Gasteiger partial charge in [-0.2, -0.15) is 0 Å². The smallest absolute Gasteiger partial charge is 0.408 e. The first-order chi connectivity index (χ1) is 24.4. The van der Waals surface area contributed by atoms with Crippen LogP contribution < -0.4 is 10.1 Å². The van der Waals surface area contributed by atoms with Crippen molar-refractivity contribution in [3.8, 4) is 5.75 Å². The van der Waals surface area contributed by atoms with E-state index in [9.17, 15) is 19.2 Å². The third-order valence-corrected chi connectivity index (χ3v) is 9.31. The van der Waals surface area contributed by atoms with Gasteiger partial charge in [0.1, 0.15) is 31.4 Å².